The lowest BCUT2D eigenvalue weighted by Gasteiger charge is -2.31. The van der Waals surface area contributed by atoms with Crippen molar-refractivity contribution in [3.05, 3.63) is 28.3 Å². The molecule has 0 heterocycles. The number of nitrogens with two attached hydrogens (primary N) is 1. The molecule has 1 rings (SSSR count). The Hall–Kier alpha value is -0.620. The minimum atomic E-state index is -3.63. The normalized spacial score (nSPS) is 12.7. The molecule has 0 aliphatic rings. The predicted octanol–water partition coefficient (Wildman–Crippen LogP) is 3.35. The fourth-order valence-corrected chi connectivity index (χ4v) is 4.74. The molecule has 0 amide bonds. The zero-order chi connectivity index (χ0) is 16.3. The van der Waals surface area contributed by atoms with Crippen LogP contribution < -0.4 is 10.5 Å². The van der Waals surface area contributed by atoms with E-state index in [0.29, 0.717) is 10.6 Å². The molecule has 4 nitrogen and oxygen atoms in total. The summed E-state index contributed by atoms with van der Waals surface area (Å²) in [6.07, 6.45) is 2.22. The summed E-state index contributed by atoms with van der Waals surface area (Å²) in [5.74, 6) is 0. The maximum Gasteiger partial charge on any atom is 0.241 e. The molecule has 6 heteroatoms. The Bertz CT molecular complexity index is 588. The van der Waals surface area contributed by atoms with Crippen molar-refractivity contribution in [1.82, 2.24) is 4.72 Å². The molecule has 0 bridgehead atoms. The molecule has 0 saturated heterocycles. The number of rotatable bonds is 7. The minimum absolute atomic E-state index is 0.218. The van der Waals surface area contributed by atoms with Gasteiger partial charge in [0.15, 0.2) is 0 Å². The van der Waals surface area contributed by atoms with Gasteiger partial charge in [-0.15, -0.1) is 0 Å². The van der Waals surface area contributed by atoms with Crippen LogP contribution in [0.25, 0.3) is 0 Å². The van der Waals surface area contributed by atoms with Gasteiger partial charge in [-0.1, -0.05) is 32.4 Å². The van der Waals surface area contributed by atoms with Crippen LogP contribution >= 0.6 is 11.6 Å². The van der Waals surface area contributed by atoms with E-state index in [4.69, 9.17) is 17.3 Å². The standard InChI is InChI=1S/C15H25ClN2O2S/c1-5-15(6-2,7-3)18-21(19,20)14-9-13(16)8-12(10-17)11(14)4/h8-9,18H,5-7,10,17H2,1-4H3. The third-order valence-electron chi connectivity index (χ3n) is 4.32. The first kappa shape index (κ1) is 18.4. The van der Waals surface area contributed by atoms with E-state index in [1.54, 1.807) is 13.0 Å². The summed E-state index contributed by atoms with van der Waals surface area (Å²) >= 11 is 6.03. The number of sulfonamides is 1. The molecule has 0 aromatic heterocycles. The van der Waals surface area contributed by atoms with Crippen LogP contribution in [0.4, 0.5) is 0 Å². The van der Waals surface area contributed by atoms with Crippen LogP contribution in [-0.4, -0.2) is 14.0 Å². The summed E-state index contributed by atoms with van der Waals surface area (Å²) in [6, 6.07) is 3.20. The highest BCUT2D eigenvalue weighted by Gasteiger charge is 2.31. The fourth-order valence-electron chi connectivity index (χ4n) is 2.51. The van der Waals surface area contributed by atoms with Crippen molar-refractivity contribution in [2.45, 2.75) is 63.9 Å². The molecular weight excluding hydrogens is 308 g/mol. The zero-order valence-electron chi connectivity index (χ0n) is 13.2. The average molecular weight is 333 g/mol. The molecule has 1 aromatic rings. The van der Waals surface area contributed by atoms with Gasteiger partial charge in [0.05, 0.1) is 4.90 Å². The highest BCUT2D eigenvalue weighted by molar-refractivity contribution is 7.89. The number of benzene rings is 1. The largest absolute Gasteiger partial charge is 0.326 e. The molecule has 0 aliphatic carbocycles. The number of halogens is 1. The van der Waals surface area contributed by atoms with Crippen LogP contribution in [0.1, 0.15) is 51.2 Å². The Labute approximate surface area is 133 Å². The van der Waals surface area contributed by atoms with Crippen molar-refractivity contribution >= 4 is 21.6 Å². The predicted molar refractivity (Wildman–Crippen MR) is 88.0 cm³/mol. The van der Waals surface area contributed by atoms with Crippen LogP contribution in [0.3, 0.4) is 0 Å². The van der Waals surface area contributed by atoms with Crippen LogP contribution in [0.15, 0.2) is 17.0 Å². The molecule has 1 aromatic carbocycles. The number of hydrogen-bond acceptors (Lipinski definition) is 3. The van der Waals surface area contributed by atoms with E-state index in [-0.39, 0.29) is 11.4 Å². The molecule has 0 radical (unpaired) electrons. The van der Waals surface area contributed by atoms with E-state index in [0.717, 1.165) is 24.8 Å². The van der Waals surface area contributed by atoms with Gasteiger partial charge in [0.2, 0.25) is 10.0 Å². The molecule has 120 valence electrons. The van der Waals surface area contributed by atoms with E-state index in [1.165, 1.54) is 6.07 Å². The second-order valence-corrected chi connectivity index (χ2v) is 7.43. The second kappa shape index (κ2) is 7.09. The maximum atomic E-state index is 12.8. The van der Waals surface area contributed by atoms with Gasteiger partial charge >= 0.3 is 0 Å². The van der Waals surface area contributed by atoms with Gasteiger partial charge in [-0.05, 0) is 49.4 Å². The van der Waals surface area contributed by atoms with E-state index < -0.39 is 15.6 Å². The molecule has 0 unspecified atom stereocenters. The van der Waals surface area contributed by atoms with Crippen molar-refractivity contribution in [2.75, 3.05) is 0 Å². The molecule has 3 N–H and O–H groups in total. The topological polar surface area (TPSA) is 72.2 Å². The van der Waals surface area contributed by atoms with Crippen LogP contribution in [-0.2, 0) is 16.6 Å². The second-order valence-electron chi connectivity index (χ2n) is 5.34. The Balaban J connectivity index is 3.35. The monoisotopic (exact) mass is 332 g/mol. The molecule has 0 saturated carbocycles. The first-order valence-corrected chi connectivity index (χ1v) is 9.14. The van der Waals surface area contributed by atoms with Crippen molar-refractivity contribution in [3.63, 3.8) is 0 Å². The van der Waals surface area contributed by atoms with Crippen molar-refractivity contribution in [1.29, 1.82) is 0 Å². The summed E-state index contributed by atoms with van der Waals surface area (Å²) in [4.78, 5) is 0.218. The molecule has 21 heavy (non-hydrogen) atoms. The molecule has 0 aliphatic heterocycles. The Morgan fingerprint density at radius 2 is 1.71 bits per heavy atom. The van der Waals surface area contributed by atoms with Gasteiger partial charge in [0.1, 0.15) is 0 Å². The molecule has 0 fully saturated rings. The molecule has 0 spiro atoms. The van der Waals surface area contributed by atoms with Crippen LogP contribution in [0.5, 0.6) is 0 Å². The van der Waals surface area contributed by atoms with Crippen molar-refractivity contribution in [3.8, 4) is 0 Å². The summed E-state index contributed by atoms with van der Waals surface area (Å²) < 4.78 is 28.4. The van der Waals surface area contributed by atoms with Gasteiger partial charge in [-0.25, -0.2) is 13.1 Å². The Morgan fingerprint density at radius 1 is 1.19 bits per heavy atom. The van der Waals surface area contributed by atoms with Crippen LogP contribution in [0, 0.1) is 6.92 Å². The third-order valence-corrected chi connectivity index (χ3v) is 6.25. The van der Waals surface area contributed by atoms with E-state index in [2.05, 4.69) is 4.72 Å². The van der Waals surface area contributed by atoms with E-state index >= 15 is 0 Å². The molecular formula is C15H25ClN2O2S. The van der Waals surface area contributed by atoms with Gasteiger partial charge in [0.25, 0.3) is 0 Å². The van der Waals surface area contributed by atoms with Gasteiger partial charge < -0.3 is 5.73 Å². The quantitative estimate of drug-likeness (QED) is 0.804. The van der Waals surface area contributed by atoms with Gasteiger partial charge in [-0.2, -0.15) is 0 Å². The summed E-state index contributed by atoms with van der Waals surface area (Å²) in [6.45, 7) is 8.00. The Kier molecular flexibility index (Phi) is 6.23. The summed E-state index contributed by atoms with van der Waals surface area (Å²) in [5.41, 5.74) is 6.65. The molecule has 0 atom stereocenters. The lowest BCUT2D eigenvalue weighted by molar-refractivity contribution is 0.341. The minimum Gasteiger partial charge on any atom is -0.326 e. The first-order valence-electron chi connectivity index (χ1n) is 7.28. The van der Waals surface area contributed by atoms with Crippen molar-refractivity contribution < 1.29 is 8.42 Å². The first-order chi connectivity index (χ1) is 9.75. The van der Waals surface area contributed by atoms with Gasteiger partial charge in [-0.3, -0.25) is 0 Å². The highest BCUT2D eigenvalue weighted by Crippen LogP contribution is 2.28. The fraction of sp³-hybridized carbons (Fsp3) is 0.600. The summed E-state index contributed by atoms with van der Waals surface area (Å²) in [5, 5.41) is 0.386. The zero-order valence-corrected chi connectivity index (χ0v) is 14.7. The van der Waals surface area contributed by atoms with Crippen LogP contribution in [0.2, 0.25) is 5.02 Å². The number of hydrogen-bond donors (Lipinski definition) is 2. The van der Waals surface area contributed by atoms with Gasteiger partial charge in [0, 0.05) is 17.1 Å². The highest BCUT2D eigenvalue weighted by atomic mass is 35.5. The van der Waals surface area contributed by atoms with E-state index in [1.807, 2.05) is 20.8 Å². The lowest BCUT2D eigenvalue weighted by Crippen LogP contribution is -2.47. The van der Waals surface area contributed by atoms with E-state index in [9.17, 15) is 8.42 Å². The lowest BCUT2D eigenvalue weighted by atomic mass is 9.91. The Morgan fingerprint density at radius 3 is 2.14 bits per heavy atom. The average Bonchev–Trinajstić information content (AvgIpc) is 2.46. The smallest absolute Gasteiger partial charge is 0.241 e. The maximum absolute atomic E-state index is 12.8. The number of nitrogens with one attached hydrogen (secondary N) is 1. The van der Waals surface area contributed by atoms with Crippen molar-refractivity contribution in [2.24, 2.45) is 5.73 Å². The SMILES string of the molecule is CCC(CC)(CC)NS(=O)(=O)c1cc(Cl)cc(CN)c1C. The summed E-state index contributed by atoms with van der Waals surface area (Å²) in [7, 11) is -3.63. The third kappa shape index (κ3) is 3.97.